The third-order valence-corrected chi connectivity index (χ3v) is 3.18. The zero-order chi connectivity index (χ0) is 16.4. The van der Waals surface area contributed by atoms with Crippen LogP contribution in [0.1, 0.15) is 13.3 Å². The molecule has 1 heterocycles. The first kappa shape index (κ1) is 17.8. The van der Waals surface area contributed by atoms with E-state index in [9.17, 15) is 30.0 Å². The van der Waals surface area contributed by atoms with Gasteiger partial charge < -0.3 is 40.7 Å². The van der Waals surface area contributed by atoms with Gasteiger partial charge in [-0.25, -0.2) is 4.79 Å². The number of carboxylic acids is 1. The van der Waals surface area contributed by atoms with Crippen molar-refractivity contribution in [1.29, 1.82) is 0 Å². The molecule has 0 bridgehead atoms. The smallest absolute Gasteiger partial charge is 0.377 e. The second kappa shape index (κ2) is 6.64. The Hall–Kier alpha value is -1.30. The van der Waals surface area contributed by atoms with Crippen molar-refractivity contribution >= 4 is 11.9 Å². The van der Waals surface area contributed by atoms with Gasteiger partial charge in [0.1, 0.15) is 18.3 Å². The molecule has 10 heteroatoms. The minimum absolute atomic E-state index is 0.637. The van der Waals surface area contributed by atoms with Gasteiger partial charge in [0.15, 0.2) is 0 Å². The lowest BCUT2D eigenvalue weighted by atomic mass is 9.89. The van der Waals surface area contributed by atoms with Crippen LogP contribution in [-0.2, 0) is 19.1 Å². The topological polar surface area (TPSA) is 180 Å². The van der Waals surface area contributed by atoms with E-state index in [4.69, 9.17) is 15.6 Å². The molecular formula is C11H19NO9. The number of rotatable bonds is 5. The molecule has 0 aromatic carbocycles. The van der Waals surface area contributed by atoms with E-state index in [1.54, 1.807) is 0 Å². The van der Waals surface area contributed by atoms with Crippen molar-refractivity contribution in [2.45, 2.75) is 49.6 Å². The van der Waals surface area contributed by atoms with E-state index in [2.05, 4.69) is 4.74 Å². The first-order valence-corrected chi connectivity index (χ1v) is 6.16. The number of carboxylic acid groups (broad SMARTS) is 1. The van der Waals surface area contributed by atoms with E-state index in [-0.39, 0.29) is 0 Å². The van der Waals surface area contributed by atoms with Gasteiger partial charge in [-0.15, -0.1) is 0 Å². The molecule has 122 valence electrons. The molecule has 21 heavy (non-hydrogen) atoms. The van der Waals surface area contributed by atoms with Crippen molar-refractivity contribution in [3.8, 4) is 0 Å². The van der Waals surface area contributed by atoms with Gasteiger partial charge in [-0.05, 0) is 0 Å². The molecule has 0 aromatic rings. The summed E-state index contributed by atoms with van der Waals surface area (Å²) in [6.45, 7) is 0.112. The molecule has 0 radical (unpaired) electrons. The number of carbonyl (C=O) groups is 2. The van der Waals surface area contributed by atoms with Crippen LogP contribution < -0.4 is 5.73 Å². The lowest BCUT2D eigenvalue weighted by Crippen LogP contribution is -2.66. The maximum absolute atomic E-state index is 11.3. The van der Waals surface area contributed by atoms with Crippen LogP contribution in [0, 0.1) is 0 Å². The summed E-state index contributed by atoms with van der Waals surface area (Å²) >= 11 is 0. The van der Waals surface area contributed by atoms with Crippen LogP contribution in [0.25, 0.3) is 0 Å². The van der Waals surface area contributed by atoms with Gasteiger partial charge >= 0.3 is 17.7 Å². The predicted molar refractivity (Wildman–Crippen MR) is 64.7 cm³/mol. The van der Waals surface area contributed by atoms with E-state index in [1.165, 1.54) is 0 Å². The average Bonchev–Trinajstić information content (AvgIpc) is 2.40. The molecule has 0 aliphatic carbocycles. The van der Waals surface area contributed by atoms with Crippen molar-refractivity contribution in [1.82, 2.24) is 0 Å². The molecule has 7 N–H and O–H groups in total. The lowest BCUT2D eigenvalue weighted by Gasteiger charge is -2.44. The molecule has 0 amide bonds. The number of aliphatic hydroxyl groups excluding tert-OH is 4. The molecule has 0 saturated carbocycles. The van der Waals surface area contributed by atoms with Crippen LogP contribution in [0.4, 0.5) is 0 Å². The van der Waals surface area contributed by atoms with Crippen molar-refractivity contribution in [2.24, 2.45) is 5.73 Å². The first-order valence-electron chi connectivity index (χ1n) is 6.16. The fourth-order valence-electron chi connectivity index (χ4n) is 2.08. The third-order valence-electron chi connectivity index (χ3n) is 3.18. The summed E-state index contributed by atoms with van der Waals surface area (Å²) < 4.78 is 9.69. The Morgan fingerprint density at radius 3 is 2.48 bits per heavy atom. The maximum Gasteiger partial charge on any atom is 0.377 e. The van der Waals surface area contributed by atoms with Gasteiger partial charge in [0.25, 0.3) is 0 Å². The molecular weight excluding hydrogens is 290 g/mol. The summed E-state index contributed by atoms with van der Waals surface area (Å²) in [5, 5.41) is 47.0. The molecule has 1 aliphatic heterocycles. The highest BCUT2D eigenvalue weighted by Gasteiger charge is 2.55. The minimum atomic E-state index is -2.53. The van der Waals surface area contributed by atoms with Crippen LogP contribution >= 0.6 is 0 Å². The summed E-state index contributed by atoms with van der Waals surface area (Å²) in [4.78, 5) is 22.4. The van der Waals surface area contributed by atoms with Gasteiger partial charge in [0.05, 0.1) is 25.2 Å². The van der Waals surface area contributed by atoms with Gasteiger partial charge in [-0.1, -0.05) is 0 Å². The van der Waals surface area contributed by atoms with Crippen LogP contribution in [0.3, 0.4) is 0 Å². The number of aliphatic carboxylic acids is 1. The molecule has 1 unspecified atom stereocenters. The maximum atomic E-state index is 11.3. The third kappa shape index (κ3) is 3.67. The Kier molecular flexibility index (Phi) is 5.61. The van der Waals surface area contributed by atoms with Gasteiger partial charge in [-0.2, -0.15) is 0 Å². The molecule has 0 aromatic heterocycles. The normalized spacial score (nSPS) is 35.8. The van der Waals surface area contributed by atoms with Crippen LogP contribution in [0.2, 0.25) is 0 Å². The van der Waals surface area contributed by atoms with E-state index in [0.717, 1.165) is 6.92 Å². The van der Waals surface area contributed by atoms with E-state index in [1.807, 2.05) is 0 Å². The molecule has 1 aliphatic rings. The molecule has 1 fully saturated rings. The van der Waals surface area contributed by atoms with Crippen LogP contribution in [0.15, 0.2) is 0 Å². The number of esters is 1. The fraction of sp³-hybridized carbons (Fsp3) is 0.818. The Bertz CT molecular complexity index is 403. The lowest BCUT2D eigenvalue weighted by molar-refractivity contribution is -0.298. The minimum Gasteiger partial charge on any atom is -0.476 e. The Morgan fingerprint density at radius 1 is 1.48 bits per heavy atom. The monoisotopic (exact) mass is 309 g/mol. The molecule has 1 rings (SSSR count). The van der Waals surface area contributed by atoms with Gasteiger partial charge in [-0.3, -0.25) is 4.79 Å². The number of nitrogens with two attached hydrogens (primary N) is 1. The van der Waals surface area contributed by atoms with Crippen LogP contribution in [0.5, 0.6) is 0 Å². The number of hydrogen-bond acceptors (Lipinski definition) is 9. The van der Waals surface area contributed by atoms with Crippen molar-refractivity contribution in [3.05, 3.63) is 0 Å². The quantitative estimate of drug-likeness (QED) is 0.279. The Balaban J connectivity index is 3.09. The summed E-state index contributed by atoms with van der Waals surface area (Å²) in [5.74, 6) is -5.20. The zero-order valence-corrected chi connectivity index (χ0v) is 11.2. The van der Waals surface area contributed by atoms with E-state index < -0.39 is 61.2 Å². The number of carbonyl (C=O) groups excluding carboxylic acids is 1. The predicted octanol–water partition coefficient (Wildman–Crippen LogP) is -3.48. The summed E-state index contributed by atoms with van der Waals surface area (Å²) in [5.41, 5.74) is 5.61. The number of hydrogen-bond donors (Lipinski definition) is 6. The standard InChI is InChI=1S/C11H19NO9/c1-4(14)20-11(10(18)19)2-5(15)7(12)9(21-11)8(17)6(16)3-13/h5-9,13,15-17H,2-3,12H2,1H3,(H,18,19)/t5-,6+,7+,8+,9+,11?/m0/s1. The second-order valence-electron chi connectivity index (χ2n) is 4.82. The summed E-state index contributed by atoms with van der Waals surface area (Å²) in [6.07, 6.45) is -7.13. The highest BCUT2D eigenvalue weighted by atomic mass is 16.7. The number of aliphatic hydroxyl groups is 4. The van der Waals surface area contributed by atoms with Crippen molar-refractivity contribution < 1.29 is 44.6 Å². The Labute approximate surface area is 119 Å². The zero-order valence-electron chi connectivity index (χ0n) is 11.2. The second-order valence-corrected chi connectivity index (χ2v) is 4.82. The number of ether oxygens (including phenoxy) is 2. The molecule has 10 nitrogen and oxygen atoms in total. The average molecular weight is 309 g/mol. The Morgan fingerprint density at radius 2 is 2.05 bits per heavy atom. The van der Waals surface area contributed by atoms with Gasteiger partial charge in [0.2, 0.25) is 0 Å². The summed E-state index contributed by atoms with van der Waals surface area (Å²) in [6, 6.07) is -1.25. The highest BCUT2D eigenvalue weighted by molar-refractivity contribution is 5.80. The molecule has 6 atom stereocenters. The van der Waals surface area contributed by atoms with Crippen molar-refractivity contribution in [2.75, 3.05) is 6.61 Å². The van der Waals surface area contributed by atoms with Crippen molar-refractivity contribution in [3.63, 3.8) is 0 Å². The van der Waals surface area contributed by atoms with Crippen LogP contribution in [-0.4, -0.2) is 80.3 Å². The molecule has 1 saturated heterocycles. The molecule has 0 spiro atoms. The summed E-state index contributed by atoms with van der Waals surface area (Å²) in [7, 11) is 0. The van der Waals surface area contributed by atoms with E-state index in [0.29, 0.717) is 0 Å². The SMILES string of the molecule is CC(=O)OC1(C(=O)O)C[C@H](O)[C@@H](N)[C@H]([C@H](O)[C@H](O)CO)O1. The van der Waals surface area contributed by atoms with Gasteiger partial charge in [0, 0.05) is 6.92 Å². The van der Waals surface area contributed by atoms with E-state index >= 15 is 0 Å². The largest absolute Gasteiger partial charge is 0.476 e. The highest BCUT2D eigenvalue weighted by Crippen LogP contribution is 2.32. The fourth-order valence-corrected chi connectivity index (χ4v) is 2.08. The first-order chi connectivity index (χ1) is 9.64.